The maximum atomic E-state index is 11.1. The van der Waals surface area contributed by atoms with Crippen LogP contribution in [0, 0.1) is 0 Å². The first kappa shape index (κ1) is 21.2. The predicted octanol–water partition coefficient (Wildman–Crippen LogP) is 4.78. The molecule has 3 atom stereocenters. The van der Waals surface area contributed by atoms with Crippen LogP contribution in [-0.4, -0.2) is 42.0 Å². The fourth-order valence-electron chi connectivity index (χ4n) is 3.67. The van der Waals surface area contributed by atoms with Gasteiger partial charge >= 0.3 is 0 Å². The summed E-state index contributed by atoms with van der Waals surface area (Å²) in [4.78, 5) is 6.57. The lowest BCUT2D eigenvalue weighted by molar-refractivity contribution is 0.0686. The molecule has 0 spiro atoms. The maximum Gasteiger partial charge on any atom is 0.192 e. The summed E-state index contributed by atoms with van der Waals surface area (Å²) < 4.78 is 6.72. The lowest BCUT2D eigenvalue weighted by Gasteiger charge is -2.38. The molecule has 0 aliphatic carbocycles. The van der Waals surface area contributed by atoms with Crippen molar-refractivity contribution in [1.82, 2.24) is 9.88 Å². The average Bonchev–Trinajstić information content (AvgIpc) is 3.03. The van der Waals surface area contributed by atoms with Crippen molar-refractivity contribution in [3.05, 3.63) is 66.0 Å². The molecule has 2 aromatic rings. The minimum atomic E-state index is -1.86. The molecule has 1 aliphatic heterocycles. The molecule has 1 N–H and O–H groups in total. The van der Waals surface area contributed by atoms with Gasteiger partial charge in [-0.05, 0) is 36.2 Å². The molecule has 152 valence electrons. The molecule has 1 aromatic heterocycles. The van der Waals surface area contributed by atoms with Crippen LogP contribution in [0.3, 0.4) is 0 Å². The van der Waals surface area contributed by atoms with Crippen molar-refractivity contribution in [2.75, 3.05) is 6.54 Å². The second kappa shape index (κ2) is 8.45. The van der Waals surface area contributed by atoms with Gasteiger partial charge in [0.15, 0.2) is 8.32 Å². The summed E-state index contributed by atoms with van der Waals surface area (Å²) in [6.07, 6.45) is 3.95. The van der Waals surface area contributed by atoms with Gasteiger partial charge < -0.3 is 9.53 Å². The zero-order valence-corrected chi connectivity index (χ0v) is 18.8. The maximum absolute atomic E-state index is 11.1. The van der Waals surface area contributed by atoms with E-state index in [0.29, 0.717) is 0 Å². The average molecular weight is 399 g/mol. The molecule has 28 heavy (non-hydrogen) atoms. The predicted molar refractivity (Wildman–Crippen MR) is 117 cm³/mol. The summed E-state index contributed by atoms with van der Waals surface area (Å²) in [5.74, 6) is 0. The lowest BCUT2D eigenvalue weighted by atomic mass is 10.0. The second-order valence-electron chi connectivity index (χ2n) is 9.45. The highest BCUT2D eigenvalue weighted by Gasteiger charge is 2.44. The number of likely N-dealkylation sites (tertiary alicyclic amines) is 1. The molecule has 0 amide bonds. The van der Waals surface area contributed by atoms with E-state index in [1.54, 1.807) is 12.4 Å². The van der Waals surface area contributed by atoms with E-state index in [0.717, 1.165) is 25.1 Å². The number of aliphatic hydroxyl groups is 1. The van der Waals surface area contributed by atoms with Crippen molar-refractivity contribution in [3.63, 3.8) is 0 Å². The highest BCUT2D eigenvalue weighted by atomic mass is 28.4. The Morgan fingerprint density at radius 2 is 1.89 bits per heavy atom. The molecule has 1 saturated heterocycles. The first-order chi connectivity index (χ1) is 13.2. The van der Waals surface area contributed by atoms with E-state index in [1.807, 2.05) is 18.2 Å². The topological polar surface area (TPSA) is 45.6 Å². The van der Waals surface area contributed by atoms with Crippen molar-refractivity contribution in [2.45, 2.75) is 70.1 Å². The fourth-order valence-corrected chi connectivity index (χ4v) is 5.03. The highest BCUT2D eigenvalue weighted by Crippen LogP contribution is 2.40. The van der Waals surface area contributed by atoms with Crippen LogP contribution in [-0.2, 0) is 11.0 Å². The third-order valence-corrected chi connectivity index (χ3v) is 10.8. The van der Waals surface area contributed by atoms with Crippen LogP contribution in [0.25, 0.3) is 0 Å². The van der Waals surface area contributed by atoms with E-state index < -0.39 is 14.4 Å². The Labute approximate surface area is 170 Å². The van der Waals surface area contributed by atoms with Crippen LogP contribution in [0.4, 0.5) is 0 Å². The Kier molecular flexibility index (Phi) is 6.40. The third-order valence-electron chi connectivity index (χ3n) is 6.30. The van der Waals surface area contributed by atoms with Crippen LogP contribution in [0.1, 0.15) is 44.4 Å². The molecule has 1 aliphatic rings. The van der Waals surface area contributed by atoms with E-state index >= 15 is 0 Å². The molecule has 5 heteroatoms. The minimum Gasteiger partial charge on any atom is -0.413 e. The quantitative estimate of drug-likeness (QED) is 0.711. The van der Waals surface area contributed by atoms with Gasteiger partial charge in [0, 0.05) is 37.1 Å². The van der Waals surface area contributed by atoms with Gasteiger partial charge in [-0.25, -0.2) is 0 Å². The number of aliphatic hydroxyl groups excluding tert-OH is 1. The van der Waals surface area contributed by atoms with Crippen LogP contribution in [0.5, 0.6) is 0 Å². The highest BCUT2D eigenvalue weighted by molar-refractivity contribution is 6.74. The van der Waals surface area contributed by atoms with E-state index in [1.165, 1.54) is 5.56 Å². The normalized spacial score (nSPS) is 22.4. The Hall–Kier alpha value is -1.53. The standard InChI is InChI=1S/C23H34N2O2Si/c1-23(2,3)28(4,5)27-20-14-21(22(26)19-12-9-13-24-15-19)25(17-20)16-18-10-7-6-8-11-18/h6-13,15,20-22,26H,14,16-17H2,1-5H3/t20-,21+,22?/m1/s1. The molecular formula is C23H34N2O2Si. The van der Waals surface area contributed by atoms with Crippen molar-refractivity contribution < 1.29 is 9.53 Å². The lowest BCUT2D eigenvalue weighted by Crippen LogP contribution is -2.44. The van der Waals surface area contributed by atoms with E-state index in [9.17, 15) is 5.11 Å². The number of pyridine rings is 1. The Morgan fingerprint density at radius 3 is 2.50 bits per heavy atom. The van der Waals surface area contributed by atoms with Crippen molar-refractivity contribution >= 4 is 8.32 Å². The summed E-state index contributed by atoms with van der Waals surface area (Å²) in [7, 11) is -1.86. The van der Waals surface area contributed by atoms with Crippen molar-refractivity contribution in [2.24, 2.45) is 0 Å². The minimum absolute atomic E-state index is 0.0270. The molecule has 1 fully saturated rings. The van der Waals surface area contributed by atoms with Gasteiger partial charge in [0.25, 0.3) is 0 Å². The fraction of sp³-hybridized carbons (Fsp3) is 0.522. The largest absolute Gasteiger partial charge is 0.413 e. The van der Waals surface area contributed by atoms with Crippen LogP contribution >= 0.6 is 0 Å². The van der Waals surface area contributed by atoms with E-state index in [-0.39, 0.29) is 17.2 Å². The number of aromatic nitrogens is 1. The molecule has 1 aromatic carbocycles. The number of hydrogen-bond acceptors (Lipinski definition) is 4. The molecule has 3 rings (SSSR count). The molecule has 0 radical (unpaired) electrons. The van der Waals surface area contributed by atoms with Gasteiger partial charge in [-0.3, -0.25) is 9.88 Å². The third kappa shape index (κ3) is 4.89. The molecule has 0 bridgehead atoms. The summed E-state index contributed by atoms with van der Waals surface area (Å²) >= 11 is 0. The van der Waals surface area contributed by atoms with Gasteiger partial charge in [0.2, 0.25) is 0 Å². The zero-order chi connectivity index (χ0) is 20.4. The number of nitrogens with zero attached hydrogens (tertiary/aromatic N) is 2. The summed E-state index contributed by atoms with van der Waals surface area (Å²) in [5.41, 5.74) is 2.14. The Morgan fingerprint density at radius 1 is 1.18 bits per heavy atom. The van der Waals surface area contributed by atoms with Gasteiger partial charge in [-0.2, -0.15) is 0 Å². The van der Waals surface area contributed by atoms with E-state index in [2.05, 4.69) is 68.0 Å². The van der Waals surface area contributed by atoms with E-state index in [4.69, 9.17) is 4.43 Å². The molecule has 4 nitrogen and oxygen atoms in total. The van der Waals surface area contributed by atoms with Gasteiger partial charge in [0.1, 0.15) is 0 Å². The Bertz CT molecular complexity index is 746. The second-order valence-corrected chi connectivity index (χ2v) is 14.2. The van der Waals surface area contributed by atoms with Crippen LogP contribution in [0.2, 0.25) is 18.1 Å². The summed E-state index contributed by atoms with van der Waals surface area (Å²) in [6.45, 7) is 13.1. The first-order valence-corrected chi connectivity index (χ1v) is 13.1. The number of rotatable bonds is 6. The smallest absolute Gasteiger partial charge is 0.192 e. The van der Waals surface area contributed by atoms with Crippen molar-refractivity contribution in [3.8, 4) is 0 Å². The molecule has 1 unspecified atom stereocenters. The summed E-state index contributed by atoms with van der Waals surface area (Å²) in [5, 5.41) is 11.3. The summed E-state index contributed by atoms with van der Waals surface area (Å²) in [6, 6.07) is 14.4. The van der Waals surface area contributed by atoms with Gasteiger partial charge in [-0.1, -0.05) is 57.2 Å². The SMILES string of the molecule is CC(C)(C)[Si](C)(C)O[C@@H]1C[C@@H](C(O)c2cccnc2)N(Cc2ccccc2)C1. The van der Waals surface area contributed by atoms with Crippen LogP contribution in [0.15, 0.2) is 54.9 Å². The molecule has 0 saturated carbocycles. The molecule has 2 heterocycles. The van der Waals surface area contributed by atoms with Crippen molar-refractivity contribution in [1.29, 1.82) is 0 Å². The Balaban J connectivity index is 1.80. The van der Waals surface area contributed by atoms with Gasteiger partial charge in [-0.15, -0.1) is 0 Å². The van der Waals surface area contributed by atoms with Crippen LogP contribution < -0.4 is 0 Å². The van der Waals surface area contributed by atoms with Gasteiger partial charge in [0.05, 0.1) is 12.2 Å². The number of hydrogen-bond donors (Lipinski definition) is 1. The monoisotopic (exact) mass is 398 g/mol. The first-order valence-electron chi connectivity index (χ1n) is 10.2. The molecular weight excluding hydrogens is 364 g/mol. The zero-order valence-electron chi connectivity index (χ0n) is 17.8. The number of benzene rings is 1.